The van der Waals surface area contributed by atoms with Crippen LogP contribution in [0.5, 0.6) is 5.75 Å². The minimum Gasteiger partial charge on any atom is -0.486 e. The third-order valence-corrected chi connectivity index (χ3v) is 4.28. The van der Waals surface area contributed by atoms with Crippen molar-refractivity contribution in [2.24, 2.45) is 0 Å². The first-order chi connectivity index (χ1) is 9.85. The van der Waals surface area contributed by atoms with Crippen LogP contribution in [-0.2, 0) is 19.4 Å². The van der Waals surface area contributed by atoms with Crippen molar-refractivity contribution < 1.29 is 4.74 Å². The highest BCUT2D eigenvalue weighted by molar-refractivity contribution is 7.15. The summed E-state index contributed by atoms with van der Waals surface area (Å²) in [5.74, 6) is 0.934. The number of hydrogen-bond acceptors (Lipinski definition) is 5. The Bertz CT molecular complexity index is 582. The van der Waals surface area contributed by atoms with Gasteiger partial charge in [-0.2, -0.15) is 0 Å². The first-order valence-corrected chi connectivity index (χ1v) is 7.97. The molecule has 3 rings (SSSR count). The van der Waals surface area contributed by atoms with E-state index in [-0.39, 0.29) is 0 Å². The van der Waals surface area contributed by atoms with E-state index in [0.717, 1.165) is 28.9 Å². The summed E-state index contributed by atoms with van der Waals surface area (Å²) in [6.07, 6.45) is 4.73. The molecule has 0 fully saturated rings. The number of nitrogens with zero attached hydrogens (tertiary/aromatic N) is 2. The lowest BCUT2D eigenvalue weighted by Gasteiger charge is -2.06. The fraction of sp³-hybridized carbons (Fsp3) is 0.467. The van der Waals surface area contributed by atoms with E-state index in [1.165, 1.54) is 30.4 Å². The van der Waals surface area contributed by atoms with Crippen molar-refractivity contribution >= 4 is 16.5 Å². The van der Waals surface area contributed by atoms with Gasteiger partial charge in [0.25, 0.3) is 0 Å². The summed E-state index contributed by atoms with van der Waals surface area (Å²) >= 11 is 1.56. The summed E-state index contributed by atoms with van der Waals surface area (Å²) < 4.78 is 5.82. The highest BCUT2D eigenvalue weighted by Gasteiger charge is 2.11. The first kappa shape index (κ1) is 13.4. The zero-order valence-corrected chi connectivity index (χ0v) is 12.5. The summed E-state index contributed by atoms with van der Waals surface area (Å²) in [5, 5.41) is 13.3. The maximum absolute atomic E-state index is 5.82. The minimum absolute atomic E-state index is 0.490. The molecule has 106 valence electrons. The Morgan fingerprint density at radius 2 is 2.15 bits per heavy atom. The van der Waals surface area contributed by atoms with Crippen molar-refractivity contribution in [3.8, 4) is 5.75 Å². The Labute approximate surface area is 123 Å². The van der Waals surface area contributed by atoms with E-state index in [4.69, 9.17) is 4.74 Å². The van der Waals surface area contributed by atoms with Gasteiger partial charge in [0, 0.05) is 6.54 Å². The Morgan fingerprint density at radius 1 is 1.25 bits per heavy atom. The number of fused-ring (bicyclic) bond motifs is 1. The molecule has 1 aromatic heterocycles. The number of ether oxygens (including phenoxy) is 1. The normalized spacial score (nSPS) is 13.2. The van der Waals surface area contributed by atoms with Crippen LogP contribution in [0.2, 0.25) is 0 Å². The molecule has 4 nitrogen and oxygen atoms in total. The number of benzene rings is 1. The van der Waals surface area contributed by atoms with Crippen molar-refractivity contribution in [3.05, 3.63) is 34.3 Å². The molecule has 0 aliphatic heterocycles. The van der Waals surface area contributed by atoms with E-state index in [1.54, 1.807) is 11.3 Å². The second-order valence-corrected chi connectivity index (χ2v) is 6.06. The first-order valence-electron chi connectivity index (χ1n) is 7.16. The monoisotopic (exact) mass is 289 g/mol. The highest BCUT2D eigenvalue weighted by atomic mass is 32.1. The molecule has 0 spiro atoms. The average Bonchev–Trinajstić information content (AvgIpc) is 3.11. The summed E-state index contributed by atoms with van der Waals surface area (Å²) in [7, 11) is 0. The lowest BCUT2D eigenvalue weighted by molar-refractivity contribution is 0.304. The van der Waals surface area contributed by atoms with Gasteiger partial charge in [-0.15, -0.1) is 10.2 Å². The van der Waals surface area contributed by atoms with E-state index in [9.17, 15) is 0 Å². The summed E-state index contributed by atoms with van der Waals surface area (Å²) in [6.45, 7) is 3.55. The third-order valence-electron chi connectivity index (χ3n) is 3.43. The zero-order chi connectivity index (χ0) is 13.8. The average molecular weight is 289 g/mol. The number of hydrogen-bond donors (Lipinski definition) is 1. The van der Waals surface area contributed by atoms with Gasteiger partial charge in [-0.05, 0) is 48.9 Å². The Hall–Kier alpha value is -1.62. The maximum atomic E-state index is 5.82. The van der Waals surface area contributed by atoms with Crippen LogP contribution in [-0.4, -0.2) is 16.7 Å². The molecule has 20 heavy (non-hydrogen) atoms. The van der Waals surface area contributed by atoms with Gasteiger partial charge >= 0.3 is 0 Å². The van der Waals surface area contributed by atoms with E-state index in [2.05, 4.69) is 40.6 Å². The molecule has 0 radical (unpaired) electrons. The van der Waals surface area contributed by atoms with Crippen molar-refractivity contribution in [1.82, 2.24) is 10.2 Å². The number of aromatic nitrogens is 2. The molecule has 0 bridgehead atoms. The lowest BCUT2D eigenvalue weighted by Crippen LogP contribution is -1.98. The molecular weight excluding hydrogens is 270 g/mol. The van der Waals surface area contributed by atoms with Gasteiger partial charge in [-0.3, -0.25) is 0 Å². The second kappa shape index (κ2) is 6.22. The van der Waals surface area contributed by atoms with Crippen molar-refractivity contribution in [2.75, 3.05) is 11.9 Å². The molecule has 1 aliphatic rings. The van der Waals surface area contributed by atoms with E-state index < -0.39 is 0 Å². The predicted molar refractivity (Wildman–Crippen MR) is 81.5 cm³/mol. The summed E-state index contributed by atoms with van der Waals surface area (Å²) in [4.78, 5) is 0. The molecule has 1 heterocycles. The standard InChI is InChI=1S/C15H19N3OS/c1-2-8-16-15-18-17-14(20-15)10-19-13-7-6-11-4-3-5-12(11)9-13/h6-7,9H,2-5,8,10H2,1H3,(H,16,18). The number of rotatable bonds is 6. The van der Waals surface area contributed by atoms with Crippen molar-refractivity contribution in [1.29, 1.82) is 0 Å². The van der Waals surface area contributed by atoms with Crippen LogP contribution in [0.4, 0.5) is 5.13 Å². The van der Waals surface area contributed by atoms with Crippen LogP contribution in [0.15, 0.2) is 18.2 Å². The molecule has 5 heteroatoms. The highest BCUT2D eigenvalue weighted by Crippen LogP contribution is 2.26. The van der Waals surface area contributed by atoms with E-state index >= 15 is 0 Å². The molecule has 1 N–H and O–H groups in total. The van der Waals surface area contributed by atoms with Crippen LogP contribution >= 0.6 is 11.3 Å². The largest absolute Gasteiger partial charge is 0.486 e. The zero-order valence-electron chi connectivity index (χ0n) is 11.7. The smallest absolute Gasteiger partial charge is 0.205 e. The SMILES string of the molecule is CCCNc1nnc(COc2ccc3c(c2)CCC3)s1. The second-order valence-electron chi connectivity index (χ2n) is 5.00. The minimum atomic E-state index is 0.490. The molecule has 0 saturated heterocycles. The maximum Gasteiger partial charge on any atom is 0.205 e. The Balaban J connectivity index is 1.57. The van der Waals surface area contributed by atoms with Crippen LogP contribution < -0.4 is 10.1 Å². The molecule has 1 aromatic carbocycles. The molecule has 0 unspecified atom stereocenters. The molecule has 1 aliphatic carbocycles. The Morgan fingerprint density at radius 3 is 3.05 bits per heavy atom. The van der Waals surface area contributed by atoms with Gasteiger partial charge in [0.15, 0.2) is 5.01 Å². The van der Waals surface area contributed by atoms with Gasteiger partial charge < -0.3 is 10.1 Å². The molecule has 2 aromatic rings. The van der Waals surface area contributed by atoms with Crippen LogP contribution in [0.25, 0.3) is 0 Å². The predicted octanol–water partition coefficient (Wildman–Crippen LogP) is 3.43. The topological polar surface area (TPSA) is 47.0 Å². The van der Waals surface area contributed by atoms with Crippen LogP contribution in [0, 0.1) is 0 Å². The molecular formula is C15H19N3OS. The fourth-order valence-corrected chi connectivity index (χ4v) is 3.08. The fourth-order valence-electron chi connectivity index (χ4n) is 2.40. The van der Waals surface area contributed by atoms with Gasteiger partial charge in [-0.25, -0.2) is 0 Å². The molecule has 0 atom stereocenters. The third kappa shape index (κ3) is 3.10. The van der Waals surface area contributed by atoms with Gasteiger partial charge in [0.1, 0.15) is 12.4 Å². The Kier molecular flexibility index (Phi) is 4.16. The number of nitrogens with one attached hydrogen (secondary N) is 1. The molecule has 0 saturated carbocycles. The van der Waals surface area contributed by atoms with E-state index in [0.29, 0.717) is 6.61 Å². The van der Waals surface area contributed by atoms with Crippen LogP contribution in [0.3, 0.4) is 0 Å². The molecule has 0 amide bonds. The summed E-state index contributed by atoms with van der Waals surface area (Å²) in [5.41, 5.74) is 2.91. The van der Waals surface area contributed by atoms with Gasteiger partial charge in [-0.1, -0.05) is 24.3 Å². The number of aryl methyl sites for hydroxylation is 2. The van der Waals surface area contributed by atoms with Gasteiger partial charge in [0.2, 0.25) is 5.13 Å². The van der Waals surface area contributed by atoms with Gasteiger partial charge in [0.05, 0.1) is 0 Å². The van der Waals surface area contributed by atoms with Crippen molar-refractivity contribution in [2.45, 2.75) is 39.2 Å². The quantitative estimate of drug-likeness (QED) is 0.885. The number of anilines is 1. The van der Waals surface area contributed by atoms with E-state index in [1.807, 2.05) is 0 Å². The summed E-state index contributed by atoms with van der Waals surface area (Å²) in [6, 6.07) is 6.41. The lowest BCUT2D eigenvalue weighted by atomic mass is 10.1. The van der Waals surface area contributed by atoms with Crippen molar-refractivity contribution in [3.63, 3.8) is 0 Å². The van der Waals surface area contributed by atoms with Crippen LogP contribution in [0.1, 0.15) is 35.9 Å².